The number of ether oxygens (including phenoxy) is 2. The number of carbonyl (C=O) groups is 2. The minimum Gasteiger partial charge on any atom is -0.497 e. The number of rotatable bonds is 8. The van der Waals surface area contributed by atoms with Gasteiger partial charge in [0.05, 0.1) is 34.9 Å². The van der Waals surface area contributed by atoms with Gasteiger partial charge in [0.2, 0.25) is 0 Å². The molecule has 0 aliphatic rings. The molecule has 0 aliphatic heterocycles. The zero-order chi connectivity index (χ0) is 23.3. The monoisotopic (exact) mass is 494 g/mol. The molecule has 0 saturated heterocycles. The fraction of sp³-hybridized carbons (Fsp3) is 0.286. The van der Waals surface area contributed by atoms with E-state index >= 15 is 0 Å². The van der Waals surface area contributed by atoms with Crippen LogP contribution in [0.15, 0.2) is 52.4 Å². The van der Waals surface area contributed by atoms with Crippen LogP contribution in [0.1, 0.15) is 10.4 Å². The molecule has 1 aromatic heterocycles. The molecule has 170 valence electrons. The van der Waals surface area contributed by atoms with Crippen molar-refractivity contribution in [2.45, 2.75) is 11.4 Å². The van der Waals surface area contributed by atoms with Crippen LogP contribution in [0.2, 0.25) is 0 Å². The highest BCUT2D eigenvalue weighted by Gasteiger charge is 2.20. The number of thiazole rings is 1. The van der Waals surface area contributed by atoms with E-state index in [4.69, 9.17) is 9.47 Å². The van der Waals surface area contributed by atoms with Crippen molar-refractivity contribution in [3.05, 3.63) is 52.8 Å². The van der Waals surface area contributed by atoms with Gasteiger partial charge >= 0.3 is 5.97 Å². The maximum atomic E-state index is 12.6. The number of sulfone groups is 1. The molecule has 8 nitrogen and oxygen atoms in total. The van der Waals surface area contributed by atoms with Crippen LogP contribution >= 0.6 is 23.1 Å². The lowest BCUT2D eigenvalue weighted by Crippen LogP contribution is -2.21. The Hall–Kier alpha value is -2.63. The van der Waals surface area contributed by atoms with Gasteiger partial charge in [0.25, 0.3) is 5.91 Å². The number of aromatic nitrogens is 1. The van der Waals surface area contributed by atoms with Crippen molar-refractivity contribution in [3.63, 3.8) is 0 Å². The van der Waals surface area contributed by atoms with Crippen LogP contribution in [0.5, 0.6) is 5.75 Å². The molecule has 0 spiro atoms. The molecular formula is C21H22N2O6S3. The second kappa shape index (κ2) is 10.3. The van der Waals surface area contributed by atoms with Crippen LogP contribution in [0.4, 0.5) is 0 Å². The second-order valence-electron chi connectivity index (χ2n) is 6.64. The van der Waals surface area contributed by atoms with E-state index in [0.717, 1.165) is 16.0 Å². The number of amides is 1. The summed E-state index contributed by atoms with van der Waals surface area (Å²) in [4.78, 5) is 28.9. The summed E-state index contributed by atoms with van der Waals surface area (Å²) >= 11 is 2.85. The van der Waals surface area contributed by atoms with Gasteiger partial charge in [-0.1, -0.05) is 11.3 Å². The summed E-state index contributed by atoms with van der Waals surface area (Å²) in [6.45, 7) is 0.579. The van der Waals surface area contributed by atoms with Gasteiger partial charge in [0.15, 0.2) is 14.6 Å². The normalized spacial score (nSPS) is 12.2. The van der Waals surface area contributed by atoms with Crippen LogP contribution in [0.25, 0.3) is 10.2 Å². The Morgan fingerprint density at radius 1 is 1.12 bits per heavy atom. The van der Waals surface area contributed by atoms with E-state index < -0.39 is 27.5 Å². The Bertz CT molecular complexity index is 1310. The van der Waals surface area contributed by atoms with Crippen molar-refractivity contribution in [1.82, 2.24) is 4.57 Å². The van der Waals surface area contributed by atoms with Gasteiger partial charge < -0.3 is 14.0 Å². The maximum absolute atomic E-state index is 12.6. The fourth-order valence-corrected chi connectivity index (χ4v) is 5.55. The SMILES string of the molecule is COC(=O)c1ccc2c(c1)sc(=NC(=O)CS(=O)(=O)c1ccc(OC)cc1)n2CCSC. The summed E-state index contributed by atoms with van der Waals surface area (Å²) in [5, 5.41) is 0. The number of thioether (sulfide) groups is 1. The third kappa shape index (κ3) is 5.40. The molecule has 0 bridgehead atoms. The van der Waals surface area contributed by atoms with Crippen molar-refractivity contribution in [1.29, 1.82) is 0 Å². The Morgan fingerprint density at radius 2 is 1.84 bits per heavy atom. The molecule has 0 aliphatic carbocycles. The highest BCUT2D eigenvalue weighted by molar-refractivity contribution is 7.98. The van der Waals surface area contributed by atoms with Gasteiger partial charge in [-0.3, -0.25) is 4.79 Å². The van der Waals surface area contributed by atoms with Gasteiger partial charge in [0, 0.05) is 12.3 Å². The first-order chi connectivity index (χ1) is 15.3. The molecule has 3 aromatic rings. The van der Waals surface area contributed by atoms with Crippen molar-refractivity contribution in [2.75, 3.05) is 32.0 Å². The third-order valence-electron chi connectivity index (χ3n) is 4.58. The molecule has 0 saturated carbocycles. The van der Waals surface area contributed by atoms with Crippen LogP contribution in [-0.2, 0) is 25.9 Å². The third-order valence-corrected chi connectivity index (χ3v) is 7.82. The second-order valence-corrected chi connectivity index (χ2v) is 10.6. The van der Waals surface area contributed by atoms with E-state index in [1.54, 1.807) is 30.0 Å². The van der Waals surface area contributed by atoms with Gasteiger partial charge in [0.1, 0.15) is 11.5 Å². The van der Waals surface area contributed by atoms with E-state index in [1.807, 2.05) is 10.8 Å². The number of nitrogens with zero attached hydrogens (tertiary/aromatic N) is 2. The quantitative estimate of drug-likeness (QED) is 0.444. The van der Waals surface area contributed by atoms with Crippen molar-refractivity contribution < 1.29 is 27.5 Å². The first-order valence-corrected chi connectivity index (χ1v) is 13.3. The number of carbonyl (C=O) groups excluding carboxylic acids is 2. The highest BCUT2D eigenvalue weighted by atomic mass is 32.2. The first kappa shape index (κ1) is 24.0. The molecular weight excluding hydrogens is 472 g/mol. The zero-order valence-corrected chi connectivity index (χ0v) is 20.2. The summed E-state index contributed by atoms with van der Waals surface area (Å²) in [5.41, 5.74) is 1.19. The van der Waals surface area contributed by atoms with Crippen LogP contribution < -0.4 is 9.54 Å². The van der Waals surface area contributed by atoms with Crippen molar-refractivity contribution >= 4 is 55.0 Å². The predicted octanol–water partition coefficient (Wildman–Crippen LogP) is 2.76. The van der Waals surface area contributed by atoms with Gasteiger partial charge in [-0.05, 0) is 48.7 Å². The summed E-state index contributed by atoms with van der Waals surface area (Å²) in [6.07, 6.45) is 1.97. The highest BCUT2D eigenvalue weighted by Crippen LogP contribution is 2.21. The molecule has 32 heavy (non-hydrogen) atoms. The number of aryl methyl sites for hydroxylation is 1. The van der Waals surface area contributed by atoms with Crippen LogP contribution in [0.3, 0.4) is 0 Å². The zero-order valence-electron chi connectivity index (χ0n) is 17.7. The molecule has 3 rings (SSSR count). The smallest absolute Gasteiger partial charge is 0.337 e. The Balaban J connectivity index is 1.97. The lowest BCUT2D eigenvalue weighted by molar-refractivity contribution is -0.115. The van der Waals surface area contributed by atoms with Gasteiger partial charge in [-0.15, -0.1) is 0 Å². The van der Waals surface area contributed by atoms with Gasteiger partial charge in [-0.2, -0.15) is 16.8 Å². The molecule has 0 fully saturated rings. The lowest BCUT2D eigenvalue weighted by atomic mass is 10.2. The summed E-state index contributed by atoms with van der Waals surface area (Å²) in [6, 6.07) is 10.9. The van der Waals surface area contributed by atoms with E-state index in [2.05, 4.69) is 4.99 Å². The predicted molar refractivity (Wildman–Crippen MR) is 125 cm³/mol. The summed E-state index contributed by atoms with van der Waals surface area (Å²) in [5.74, 6) is -0.680. The Kier molecular flexibility index (Phi) is 7.75. The van der Waals surface area contributed by atoms with E-state index in [1.165, 1.54) is 49.8 Å². The Labute approximate surface area is 193 Å². The van der Waals surface area contributed by atoms with E-state index in [9.17, 15) is 18.0 Å². The molecule has 0 radical (unpaired) electrons. The van der Waals surface area contributed by atoms with Crippen LogP contribution in [-0.4, -0.2) is 56.8 Å². The fourth-order valence-electron chi connectivity index (χ4n) is 2.97. The number of methoxy groups -OCH3 is 2. The maximum Gasteiger partial charge on any atom is 0.337 e. The van der Waals surface area contributed by atoms with Crippen molar-refractivity contribution in [3.8, 4) is 5.75 Å². The minimum atomic E-state index is -3.85. The van der Waals surface area contributed by atoms with E-state index in [-0.39, 0.29) is 4.90 Å². The number of hydrogen-bond donors (Lipinski definition) is 0. The standard InChI is InChI=1S/C21H22N2O6S3/c1-28-15-5-7-16(8-6-15)32(26,27)13-19(24)22-21-23(10-11-30-3)17-9-4-14(20(25)29-2)12-18(17)31-21/h4-9,12H,10-11,13H2,1-3H3. The average molecular weight is 495 g/mol. The molecule has 2 aromatic carbocycles. The average Bonchev–Trinajstić information content (AvgIpc) is 3.12. The summed E-state index contributed by atoms with van der Waals surface area (Å²) < 4.78 is 37.7. The largest absolute Gasteiger partial charge is 0.497 e. The number of fused-ring (bicyclic) bond motifs is 1. The number of benzene rings is 2. The van der Waals surface area contributed by atoms with E-state index in [0.29, 0.717) is 22.7 Å². The van der Waals surface area contributed by atoms with Gasteiger partial charge in [-0.25, -0.2) is 13.2 Å². The molecule has 11 heteroatoms. The minimum absolute atomic E-state index is 0.0242. The van der Waals surface area contributed by atoms with Crippen molar-refractivity contribution in [2.24, 2.45) is 4.99 Å². The molecule has 0 N–H and O–H groups in total. The molecule has 0 unspecified atom stereocenters. The Morgan fingerprint density at radius 3 is 2.47 bits per heavy atom. The summed E-state index contributed by atoms with van der Waals surface area (Å²) in [7, 11) is -1.06. The lowest BCUT2D eigenvalue weighted by Gasteiger charge is -2.05. The molecule has 0 atom stereocenters. The molecule has 1 heterocycles. The number of hydrogen-bond acceptors (Lipinski definition) is 8. The topological polar surface area (TPSA) is 104 Å². The first-order valence-electron chi connectivity index (χ1n) is 9.44. The number of esters is 1. The van der Waals surface area contributed by atoms with Crippen LogP contribution in [0, 0.1) is 0 Å². The molecule has 1 amide bonds.